The van der Waals surface area contributed by atoms with Crippen LogP contribution in [0.1, 0.15) is 30.8 Å². The van der Waals surface area contributed by atoms with Crippen molar-refractivity contribution in [1.29, 1.82) is 0 Å². The lowest BCUT2D eigenvalue weighted by Gasteiger charge is -2.26. The van der Waals surface area contributed by atoms with Crippen molar-refractivity contribution in [2.75, 3.05) is 6.61 Å². The lowest BCUT2D eigenvalue weighted by Crippen LogP contribution is -2.28. The van der Waals surface area contributed by atoms with Gasteiger partial charge in [-0.1, -0.05) is 18.5 Å². The van der Waals surface area contributed by atoms with E-state index in [0.717, 1.165) is 23.1 Å². The summed E-state index contributed by atoms with van der Waals surface area (Å²) >= 11 is 6.23. The quantitative estimate of drug-likeness (QED) is 0.811. The molecule has 0 aliphatic carbocycles. The summed E-state index contributed by atoms with van der Waals surface area (Å²) in [5.41, 5.74) is 1.42. The number of aromatic nitrogens is 1. The van der Waals surface area contributed by atoms with Crippen LogP contribution < -0.4 is 4.74 Å². The van der Waals surface area contributed by atoms with Crippen LogP contribution in [0.3, 0.4) is 0 Å². The van der Waals surface area contributed by atoms with Gasteiger partial charge >= 0.3 is 5.97 Å². The zero-order valence-electron chi connectivity index (χ0n) is 11.5. The highest BCUT2D eigenvalue weighted by Crippen LogP contribution is 2.38. The highest BCUT2D eigenvalue weighted by molar-refractivity contribution is 6.36. The highest BCUT2D eigenvalue weighted by atomic mass is 35.5. The van der Waals surface area contributed by atoms with Crippen LogP contribution >= 0.6 is 11.6 Å². The minimum absolute atomic E-state index is 0.0625. The molecule has 1 atom stereocenters. The van der Waals surface area contributed by atoms with Gasteiger partial charge in [0.1, 0.15) is 17.5 Å². The lowest BCUT2D eigenvalue weighted by atomic mass is 10.2. The smallest absolute Gasteiger partial charge is 0.354 e. The monoisotopic (exact) mass is 293 g/mol. The molecule has 0 saturated heterocycles. The Bertz CT molecular complexity index is 677. The molecule has 5 heteroatoms. The Morgan fingerprint density at radius 1 is 1.50 bits per heavy atom. The molecule has 0 N–H and O–H groups in total. The molecular weight excluding hydrogens is 278 g/mol. The molecule has 1 aromatic carbocycles. The normalized spacial score (nSPS) is 17.1. The third-order valence-electron chi connectivity index (χ3n) is 3.59. The number of halogens is 1. The van der Waals surface area contributed by atoms with E-state index in [1.54, 1.807) is 19.1 Å². The molecule has 0 unspecified atom stereocenters. The Hall–Kier alpha value is -1.68. The molecule has 0 bridgehead atoms. The van der Waals surface area contributed by atoms with Gasteiger partial charge in [-0.15, -0.1) is 0 Å². The van der Waals surface area contributed by atoms with Crippen molar-refractivity contribution in [2.45, 2.75) is 32.9 Å². The first-order chi connectivity index (χ1) is 9.65. The van der Waals surface area contributed by atoms with Gasteiger partial charge in [-0.25, -0.2) is 4.79 Å². The molecule has 0 saturated carbocycles. The van der Waals surface area contributed by atoms with E-state index < -0.39 is 0 Å². The summed E-state index contributed by atoms with van der Waals surface area (Å²) in [7, 11) is 0. The Kier molecular flexibility index (Phi) is 3.34. The number of esters is 1. The van der Waals surface area contributed by atoms with Gasteiger partial charge in [-0.3, -0.25) is 0 Å². The van der Waals surface area contributed by atoms with E-state index in [1.165, 1.54) is 0 Å². The summed E-state index contributed by atoms with van der Waals surface area (Å²) < 4.78 is 13.0. The summed E-state index contributed by atoms with van der Waals surface area (Å²) in [5, 5.41) is 1.45. The van der Waals surface area contributed by atoms with Crippen LogP contribution in [0, 0.1) is 0 Å². The van der Waals surface area contributed by atoms with Gasteiger partial charge in [-0.2, -0.15) is 0 Å². The minimum atomic E-state index is -0.317. The molecule has 4 nitrogen and oxygen atoms in total. The molecule has 1 aliphatic rings. The van der Waals surface area contributed by atoms with Crippen molar-refractivity contribution < 1.29 is 14.3 Å². The van der Waals surface area contributed by atoms with Gasteiger partial charge in [0.05, 0.1) is 23.7 Å². The van der Waals surface area contributed by atoms with E-state index in [4.69, 9.17) is 21.1 Å². The first-order valence-electron chi connectivity index (χ1n) is 6.81. The van der Waals surface area contributed by atoms with Crippen molar-refractivity contribution in [3.63, 3.8) is 0 Å². The number of carbonyl (C=O) groups excluding carboxylic acids is 1. The van der Waals surface area contributed by atoms with Crippen LogP contribution in [-0.2, 0) is 11.3 Å². The summed E-state index contributed by atoms with van der Waals surface area (Å²) in [6.07, 6.45) is 0.941. The fourth-order valence-corrected chi connectivity index (χ4v) is 2.81. The van der Waals surface area contributed by atoms with Crippen molar-refractivity contribution >= 4 is 28.5 Å². The summed E-state index contributed by atoms with van der Waals surface area (Å²) in [5.74, 6) is 0.459. The molecule has 106 valence electrons. The predicted octanol–water partition coefficient (Wildman–Crippen LogP) is 3.64. The zero-order chi connectivity index (χ0) is 14.3. The number of rotatable bonds is 3. The average molecular weight is 294 g/mol. The van der Waals surface area contributed by atoms with Crippen molar-refractivity contribution in [3.05, 3.63) is 28.9 Å². The molecule has 0 fully saturated rings. The fraction of sp³-hybridized carbons (Fsp3) is 0.400. The maximum absolute atomic E-state index is 12.1. The Morgan fingerprint density at radius 2 is 2.30 bits per heavy atom. The molecular formula is C15H16ClNO3. The van der Waals surface area contributed by atoms with Crippen molar-refractivity contribution in [3.8, 4) is 5.75 Å². The number of carbonyl (C=O) groups is 1. The van der Waals surface area contributed by atoms with Gasteiger partial charge in [0.2, 0.25) is 0 Å². The van der Waals surface area contributed by atoms with Crippen LogP contribution in [0.2, 0.25) is 5.02 Å². The van der Waals surface area contributed by atoms with Crippen molar-refractivity contribution in [1.82, 2.24) is 4.57 Å². The van der Waals surface area contributed by atoms with Gasteiger partial charge in [0, 0.05) is 5.39 Å². The van der Waals surface area contributed by atoms with Crippen molar-refractivity contribution in [2.24, 2.45) is 0 Å². The second kappa shape index (κ2) is 5.02. The topological polar surface area (TPSA) is 40.5 Å². The SMILES string of the molecule is CCOC(=O)c1cc2c(Cl)ccc3c2n1C[C@@H](CC)O3. The van der Waals surface area contributed by atoms with Crippen LogP contribution in [0.15, 0.2) is 18.2 Å². The molecule has 0 amide bonds. The Balaban J connectivity index is 2.21. The summed E-state index contributed by atoms with van der Waals surface area (Å²) in [6.45, 7) is 4.86. The number of nitrogens with zero attached hydrogens (tertiary/aromatic N) is 1. The Labute approximate surface area is 122 Å². The number of hydrogen-bond acceptors (Lipinski definition) is 3. The van der Waals surface area contributed by atoms with Gasteiger partial charge in [-0.05, 0) is 31.5 Å². The number of ether oxygens (including phenoxy) is 2. The molecule has 0 spiro atoms. The largest absolute Gasteiger partial charge is 0.486 e. The van der Waals surface area contributed by atoms with E-state index >= 15 is 0 Å². The first-order valence-corrected chi connectivity index (χ1v) is 7.19. The summed E-state index contributed by atoms with van der Waals surface area (Å²) in [6, 6.07) is 5.45. The summed E-state index contributed by atoms with van der Waals surface area (Å²) in [4.78, 5) is 12.1. The van der Waals surface area contributed by atoms with E-state index in [1.807, 2.05) is 10.6 Å². The molecule has 2 heterocycles. The van der Waals surface area contributed by atoms with E-state index in [-0.39, 0.29) is 12.1 Å². The molecule has 3 rings (SSSR count). The molecule has 1 aliphatic heterocycles. The first kappa shape index (κ1) is 13.3. The highest BCUT2D eigenvalue weighted by Gasteiger charge is 2.27. The maximum atomic E-state index is 12.1. The Morgan fingerprint density at radius 3 is 3.00 bits per heavy atom. The maximum Gasteiger partial charge on any atom is 0.354 e. The third kappa shape index (κ3) is 1.95. The molecule has 0 radical (unpaired) electrons. The molecule has 20 heavy (non-hydrogen) atoms. The lowest BCUT2D eigenvalue weighted by molar-refractivity contribution is 0.0509. The standard InChI is InChI=1S/C15H16ClNO3/c1-3-9-8-17-12(15(18)19-4-2)7-10-11(16)5-6-13(20-9)14(10)17/h5-7,9H,3-4,8H2,1-2H3/t9-/m1/s1. The minimum Gasteiger partial charge on any atom is -0.486 e. The molecule has 1 aromatic heterocycles. The second-order valence-corrected chi connectivity index (χ2v) is 5.22. The second-order valence-electron chi connectivity index (χ2n) is 4.82. The van der Waals surface area contributed by atoms with Crippen LogP contribution in [0.5, 0.6) is 5.75 Å². The number of benzene rings is 1. The predicted molar refractivity (Wildman–Crippen MR) is 77.6 cm³/mol. The molecule has 2 aromatic rings. The number of hydrogen-bond donors (Lipinski definition) is 0. The van der Waals surface area contributed by atoms with Crippen LogP contribution in [0.4, 0.5) is 0 Å². The van der Waals surface area contributed by atoms with Gasteiger partial charge in [0.25, 0.3) is 0 Å². The van der Waals surface area contributed by atoms with Crippen LogP contribution in [0.25, 0.3) is 10.9 Å². The fourth-order valence-electron chi connectivity index (χ4n) is 2.61. The van der Waals surface area contributed by atoms with Crippen LogP contribution in [-0.4, -0.2) is 23.2 Å². The van der Waals surface area contributed by atoms with E-state index in [2.05, 4.69) is 6.92 Å². The van der Waals surface area contributed by atoms with Gasteiger partial charge in [0.15, 0.2) is 0 Å². The third-order valence-corrected chi connectivity index (χ3v) is 3.92. The van der Waals surface area contributed by atoms with Gasteiger partial charge < -0.3 is 14.0 Å². The van der Waals surface area contributed by atoms with E-state index in [9.17, 15) is 4.79 Å². The average Bonchev–Trinajstić information content (AvgIpc) is 2.84. The van der Waals surface area contributed by atoms with E-state index in [0.29, 0.717) is 23.9 Å². The zero-order valence-corrected chi connectivity index (χ0v) is 12.2.